The molecule has 1 amide bonds. The lowest BCUT2D eigenvalue weighted by Crippen LogP contribution is -2.32. The second-order valence-electron chi connectivity index (χ2n) is 8.62. The van der Waals surface area contributed by atoms with Crippen LogP contribution in [0, 0.1) is 6.92 Å². The van der Waals surface area contributed by atoms with E-state index in [-0.39, 0.29) is 12.3 Å². The number of amides is 1. The molecule has 0 aliphatic rings. The van der Waals surface area contributed by atoms with E-state index < -0.39 is 5.97 Å². The molecule has 7 nitrogen and oxygen atoms in total. The fraction of sp³-hybridized carbons (Fsp3) is 0.310. The molecular formula is C29H33NO6. The Bertz CT molecular complexity index is 1150. The molecule has 1 N–H and O–H groups in total. The van der Waals surface area contributed by atoms with Crippen LogP contribution in [0.3, 0.4) is 0 Å². The van der Waals surface area contributed by atoms with Crippen molar-refractivity contribution in [2.75, 3.05) is 27.9 Å². The van der Waals surface area contributed by atoms with Gasteiger partial charge in [0, 0.05) is 18.7 Å². The fourth-order valence-electron chi connectivity index (χ4n) is 4.03. The van der Waals surface area contributed by atoms with Gasteiger partial charge in [0.2, 0.25) is 5.75 Å². The van der Waals surface area contributed by atoms with Crippen LogP contribution < -0.4 is 14.2 Å². The highest BCUT2D eigenvalue weighted by Gasteiger charge is 2.21. The van der Waals surface area contributed by atoms with E-state index in [1.165, 1.54) is 32.5 Å². The van der Waals surface area contributed by atoms with Gasteiger partial charge in [-0.3, -0.25) is 9.59 Å². The van der Waals surface area contributed by atoms with Crippen molar-refractivity contribution in [1.82, 2.24) is 4.90 Å². The topological polar surface area (TPSA) is 85.3 Å². The molecule has 0 fully saturated rings. The molecule has 3 aromatic rings. The summed E-state index contributed by atoms with van der Waals surface area (Å²) in [5.41, 5.74) is 4.50. The van der Waals surface area contributed by atoms with Crippen molar-refractivity contribution in [3.05, 3.63) is 88.5 Å². The Labute approximate surface area is 212 Å². The lowest BCUT2D eigenvalue weighted by Gasteiger charge is -2.24. The van der Waals surface area contributed by atoms with E-state index in [2.05, 4.69) is 31.2 Å². The Morgan fingerprint density at radius 1 is 0.806 bits per heavy atom. The van der Waals surface area contributed by atoms with Crippen LogP contribution in [-0.2, 0) is 24.2 Å². The van der Waals surface area contributed by atoms with Gasteiger partial charge in [0.25, 0.3) is 5.91 Å². The van der Waals surface area contributed by atoms with Crippen molar-refractivity contribution in [1.29, 1.82) is 0 Å². The lowest BCUT2D eigenvalue weighted by molar-refractivity contribution is -0.136. The molecule has 0 atom stereocenters. The van der Waals surface area contributed by atoms with Crippen molar-refractivity contribution in [2.24, 2.45) is 0 Å². The minimum absolute atomic E-state index is 0.0368. The van der Waals surface area contributed by atoms with Gasteiger partial charge < -0.3 is 24.2 Å². The van der Waals surface area contributed by atoms with Gasteiger partial charge in [0.05, 0.1) is 27.8 Å². The molecule has 0 radical (unpaired) electrons. The number of hydrogen-bond donors (Lipinski definition) is 1. The first-order chi connectivity index (χ1) is 17.3. The SMILES string of the molecule is COc1cc(C(=O)N(CCCc2ccc(C)cc2)Cc2ccc(CC(=O)O)cc2)cc(OC)c1OC. The Kier molecular flexibility index (Phi) is 9.33. The van der Waals surface area contributed by atoms with Crippen LogP contribution in [0.5, 0.6) is 17.2 Å². The van der Waals surface area contributed by atoms with Crippen LogP contribution in [0.4, 0.5) is 0 Å². The molecule has 0 aliphatic carbocycles. The third kappa shape index (κ3) is 7.01. The van der Waals surface area contributed by atoms with Gasteiger partial charge in [-0.15, -0.1) is 0 Å². The van der Waals surface area contributed by atoms with E-state index in [0.29, 0.717) is 41.5 Å². The molecular weight excluding hydrogens is 458 g/mol. The molecule has 0 unspecified atom stereocenters. The smallest absolute Gasteiger partial charge is 0.307 e. The summed E-state index contributed by atoms with van der Waals surface area (Å²) in [4.78, 5) is 26.5. The third-order valence-corrected chi connectivity index (χ3v) is 5.96. The summed E-state index contributed by atoms with van der Waals surface area (Å²) in [6.45, 7) is 2.99. The maximum atomic E-state index is 13.7. The van der Waals surface area contributed by atoms with Crippen LogP contribution >= 0.6 is 0 Å². The Balaban J connectivity index is 1.84. The second kappa shape index (κ2) is 12.6. The summed E-state index contributed by atoms with van der Waals surface area (Å²) in [5, 5.41) is 9.03. The van der Waals surface area contributed by atoms with E-state index >= 15 is 0 Å². The number of methoxy groups -OCH3 is 3. The number of ether oxygens (including phenoxy) is 3. The second-order valence-corrected chi connectivity index (χ2v) is 8.62. The fourth-order valence-corrected chi connectivity index (χ4v) is 4.03. The van der Waals surface area contributed by atoms with Gasteiger partial charge >= 0.3 is 5.97 Å². The first kappa shape index (κ1) is 26.6. The molecule has 36 heavy (non-hydrogen) atoms. The van der Waals surface area contributed by atoms with E-state index in [0.717, 1.165) is 18.4 Å². The van der Waals surface area contributed by atoms with Crippen molar-refractivity contribution < 1.29 is 28.9 Å². The van der Waals surface area contributed by atoms with Gasteiger partial charge in [0.1, 0.15) is 0 Å². The molecule has 0 bridgehead atoms. The minimum atomic E-state index is -0.877. The summed E-state index contributed by atoms with van der Waals surface area (Å²) < 4.78 is 16.3. The summed E-state index contributed by atoms with van der Waals surface area (Å²) in [6, 6.07) is 19.0. The van der Waals surface area contributed by atoms with Gasteiger partial charge in [-0.05, 0) is 48.6 Å². The minimum Gasteiger partial charge on any atom is -0.493 e. The van der Waals surface area contributed by atoms with Gasteiger partial charge in [-0.2, -0.15) is 0 Å². The van der Waals surface area contributed by atoms with Gasteiger partial charge in [-0.1, -0.05) is 54.1 Å². The zero-order chi connectivity index (χ0) is 26.1. The molecule has 7 heteroatoms. The zero-order valence-electron chi connectivity index (χ0n) is 21.2. The van der Waals surface area contributed by atoms with E-state index in [9.17, 15) is 9.59 Å². The maximum absolute atomic E-state index is 13.7. The number of nitrogens with zero attached hydrogens (tertiary/aromatic N) is 1. The molecule has 190 valence electrons. The van der Waals surface area contributed by atoms with E-state index in [4.69, 9.17) is 19.3 Å². The molecule has 0 heterocycles. The highest BCUT2D eigenvalue weighted by atomic mass is 16.5. The maximum Gasteiger partial charge on any atom is 0.307 e. The highest BCUT2D eigenvalue weighted by molar-refractivity contribution is 5.95. The van der Waals surface area contributed by atoms with Crippen LogP contribution in [0.25, 0.3) is 0 Å². The van der Waals surface area contributed by atoms with Crippen molar-refractivity contribution in [2.45, 2.75) is 32.7 Å². The number of carbonyl (C=O) groups excluding carboxylic acids is 1. The molecule has 3 rings (SSSR count). The molecule has 0 saturated heterocycles. The van der Waals surface area contributed by atoms with E-state index in [1.807, 2.05) is 12.1 Å². The van der Waals surface area contributed by atoms with Crippen LogP contribution in [-0.4, -0.2) is 49.8 Å². The third-order valence-electron chi connectivity index (χ3n) is 5.96. The van der Waals surface area contributed by atoms with Crippen molar-refractivity contribution in [3.8, 4) is 17.2 Å². The number of benzene rings is 3. The standard InChI is InChI=1S/C29H33NO6/c1-20-7-9-21(10-8-20)6-5-15-30(19-23-13-11-22(12-14-23)16-27(31)32)29(33)24-17-25(34-2)28(36-4)26(18-24)35-3/h7-14,17-18H,5-6,15-16,19H2,1-4H3,(H,31,32). The molecule has 0 saturated carbocycles. The number of aryl methyl sites for hydroxylation is 2. The largest absolute Gasteiger partial charge is 0.493 e. The highest BCUT2D eigenvalue weighted by Crippen LogP contribution is 2.38. The normalized spacial score (nSPS) is 10.6. The summed E-state index contributed by atoms with van der Waals surface area (Å²) in [7, 11) is 4.56. The van der Waals surface area contributed by atoms with Crippen LogP contribution in [0.15, 0.2) is 60.7 Å². The van der Waals surface area contributed by atoms with E-state index in [1.54, 1.807) is 29.2 Å². The Morgan fingerprint density at radius 2 is 1.36 bits per heavy atom. The average molecular weight is 492 g/mol. The molecule has 3 aromatic carbocycles. The lowest BCUT2D eigenvalue weighted by atomic mass is 10.1. The number of carbonyl (C=O) groups is 2. The predicted octanol–water partition coefficient (Wildman–Crippen LogP) is 4.92. The summed E-state index contributed by atoms with van der Waals surface area (Å²) in [6.07, 6.45) is 1.60. The van der Waals surface area contributed by atoms with Crippen molar-refractivity contribution >= 4 is 11.9 Å². The number of rotatable bonds is 12. The number of aliphatic carboxylic acids is 1. The molecule has 0 spiro atoms. The van der Waals surface area contributed by atoms with Gasteiger partial charge in [0.15, 0.2) is 11.5 Å². The first-order valence-electron chi connectivity index (χ1n) is 11.8. The van der Waals surface area contributed by atoms with Gasteiger partial charge in [-0.25, -0.2) is 0 Å². The predicted molar refractivity (Wildman–Crippen MR) is 138 cm³/mol. The average Bonchev–Trinajstić information content (AvgIpc) is 2.88. The number of hydrogen-bond acceptors (Lipinski definition) is 5. The summed E-state index contributed by atoms with van der Waals surface area (Å²) >= 11 is 0. The molecule has 0 aromatic heterocycles. The Hall–Kier alpha value is -4.00. The number of carboxylic acids is 1. The van der Waals surface area contributed by atoms with Crippen molar-refractivity contribution in [3.63, 3.8) is 0 Å². The zero-order valence-corrected chi connectivity index (χ0v) is 21.2. The first-order valence-corrected chi connectivity index (χ1v) is 11.8. The quantitative estimate of drug-likeness (QED) is 0.387. The summed E-state index contributed by atoms with van der Waals surface area (Å²) in [5.74, 6) is 0.220. The van der Waals surface area contributed by atoms with Crippen LogP contribution in [0.1, 0.15) is 39.0 Å². The molecule has 0 aliphatic heterocycles. The van der Waals surface area contributed by atoms with Crippen LogP contribution in [0.2, 0.25) is 0 Å². The monoisotopic (exact) mass is 491 g/mol. The Morgan fingerprint density at radius 3 is 1.89 bits per heavy atom. The number of carboxylic acid groups (broad SMARTS) is 1.